The van der Waals surface area contributed by atoms with Crippen molar-refractivity contribution in [3.05, 3.63) is 27.7 Å². The Kier molecular flexibility index (Phi) is 3.71. The van der Waals surface area contributed by atoms with Crippen molar-refractivity contribution in [3.8, 4) is 5.75 Å². The molecule has 0 radical (unpaired) electrons. The highest BCUT2D eigenvalue weighted by molar-refractivity contribution is 9.10. The molecule has 0 saturated heterocycles. The van der Waals surface area contributed by atoms with Gasteiger partial charge in [-0.2, -0.15) is 0 Å². The first-order chi connectivity index (χ1) is 6.97. The second kappa shape index (κ2) is 4.63. The molecule has 0 bridgehead atoms. The predicted octanol–water partition coefficient (Wildman–Crippen LogP) is 1.88. The molecule has 0 spiro atoms. The number of ether oxygens (including phenoxy) is 1. The van der Waals surface area contributed by atoms with E-state index in [0.717, 1.165) is 5.56 Å². The standard InChI is InChI=1S/C10H11BrO4/c1-5-3-6(11)8(7(4-5)15-2)9(12)10(13)14/h3-4,9,12H,1-2H3,(H,13,14). The molecule has 4 nitrogen and oxygen atoms in total. The number of carboxylic acid groups (broad SMARTS) is 1. The summed E-state index contributed by atoms with van der Waals surface area (Å²) in [6, 6.07) is 3.40. The molecule has 15 heavy (non-hydrogen) atoms. The molecule has 5 heteroatoms. The van der Waals surface area contributed by atoms with Crippen molar-refractivity contribution in [2.75, 3.05) is 7.11 Å². The van der Waals surface area contributed by atoms with E-state index >= 15 is 0 Å². The lowest BCUT2D eigenvalue weighted by Crippen LogP contribution is -2.12. The number of benzene rings is 1. The summed E-state index contributed by atoms with van der Waals surface area (Å²) in [6.45, 7) is 1.85. The number of rotatable bonds is 3. The van der Waals surface area contributed by atoms with Crippen LogP contribution in [0.3, 0.4) is 0 Å². The molecule has 0 amide bonds. The Balaban J connectivity index is 3.32. The maximum atomic E-state index is 10.7. The van der Waals surface area contributed by atoms with Crippen LogP contribution >= 0.6 is 15.9 Å². The van der Waals surface area contributed by atoms with Gasteiger partial charge in [-0.3, -0.25) is 0 Å². The van der Waals surface area contributed by atoms with Gasteiger partial charge in [0.1, 0.15) is 5.75 Å². The van der Waals surface area contributed by atoms with Crippen LogP contribution in [0.1, 0.15) is 17.2 Å². The third-order valence-electron chi connectivity index (χ3n) is 1.96. The topological polar surface area (TPSA) is 66.8 Å². The summed E-state index contributed by atoms with van der Waals surface area (Å²) in [7, 11) is 1.43. The molecule has 1 rings (SSSR count). The first-order valence-electron chi connectivity index (χ1n) is 4.22. The summed E-state index contributed by atoms with van der Waals surface area (Å²) < 4.78 is 5.55. The van der Waals surface area contributed by atoms with Gasteiger partial charge in [-0.1, -0.05) is 15.9 Å². The second-order valence-corrected chi connectivity index (χ2v) is 3.96. The summed E-state index contributed by atoms with van der Waals surface area (Å²) in [4.78, 5) is 10.7. The molecule has 0 aliphatic carbocycles. The van der Waals surface area contributed by atoms with Crippen molar-refractivity contribution in [1.82, 2.24) is 0 Å². The molecule has 0 heterocycles. The lowest BCUT2D eigenvalue weighted by Gasteiger charge is -2.14. The van der Waals surface area contributed by atoms with Crippen LogP contribution in [-0.4, -0.2) is 23.3 Å². The van der Waals surface area contributed by atoms with E-state index in [4.69, 9.17) is 9.84 Å². The summed E-state index contributed by atoms with van der Waals surface area (Å²) in [5, 5.41) is 18.2. The average molecular weight is 275 g/mol. The van der Waals surface area contributed by atoms with E-state index in [-0.39, 0.29) is 5.56 Å². The van der Waals surface area contributed by atoms with Crippen LogP contribution < -0.4 is 4.74 Å². The molecule has 0 saturated carbocycles. The van der Waals surface area contributed by atoms with Crippen LogP contribution in [0.25, 0.3) is 0 Å². The zero-order chi connectivity index (χ0) is 11.6. The van der Waals surface area contributed by atoms with E-state index in [1.165, 1.54) is 7.11 Å². The first-order valence-corrected chi connectivity index (χ1v) is 5.01. The Bertz CT molecular complexity index is 389. The van der Waals surface area contributed by atoms with Crippen molar-refractivity contribution in [3.63, 3.8) is 0 Å². The van der Waals surface area contributed by atoms with Gasteiger partial charge in [0.25, 0.3) is 0 Å². The van der Waals surface area contributed by atoms with Crippen molar-refractivity contribution < 1.29 is 19.7 Å². The summed E-state index contributed by atoms with van der Waals surface area (Å²) in [6.07, 6.45) is -1.59. The monoisotopic (exact) mass is 274 g/mol. The van der Waals surface area contributed by atoms with E-state index in [9.17, 15) is 9.90 Å². The summed E-state index contributed by atoms with van der Waals surface area (Å²) in [5.41, 5.74) is 1.15. The number of hydrogen-bond donors (Lipinski definition) is 2. The SMILES string of the molecule is COc1cc(C)cc(Br)c1C(O)C(=O)O. The van der Waals surface area contributed by atoms with E-state index < -0.39 is 12.1 Å². The molecule has 1 aromatic carbocycles. The minimum Gasteiger partial charge on any atom is -0.496 e. The molecule has 1 atom stereocenters. The molecule has 0 fully saturated rings. The lowest BCUT2D eigenvalue weighted by molar-refractivity contribution is -0.147. The normalized spacial score (nSPS) is 12.3. The van der Waals surface area contributed by atoms with Gasteiger partial charge < -0.3 is 14.9 Å². The largest absolute Gasteiger partial charge is 0.496 e. The molecule has 2 N–H and O–H groups in total. The van der Waals surface area contributed by atoms with Gasteiger partial charge in [-0.05, 0) is 24.6 Å². The van der Waals surface area contributed by atoms with Gasteiger partial charge in [0.15, 0.2) is 6.10 Å². The fraction of sp³-hybridized carbons (Fsp3) is 0.300. The van der Waals surface area contributed by atoms with Gasteiger partial charge in [0, 0.05) is 10.0 Å². The maximum absolute atomic E-state index is 10.7. The van der Waals surface area contributed by atoms with Gasteiger partial charge in [-0.15, -0.1) is 0 Å². The minimum absolute atomic E-state index is 0.232. The van der Waals surface area contributed by atoms with Gasteiger partial charge in [0.05, 0.1) is 7.11 Å². The Morgan fingerprint density at radius 3 is 2.60 bits per heavy atom. The van der Waals surface area contributed by atoms with Gasteiger partial charge in [-0.25, -0.2) is 4.79 Å². The highest BCUT2D eigenvalue weighted by Crippen LogP contribution is 2.33. The van der Waals surface area contributed by atoms with Crippen molar-refractivity contribution in [2.45, 2.75) is 13.0 Å². The number of hydrogen-bond acceptors (Lipinski definition) is 3. The zero-order valence-electron chi connectivity index (χ0n) is 8.32. The average Bonchev–Trinajstić information content (AvgIpc) is 2.15. The van der Waals surface area contributed by atoms with Crippen LogP contribution in [0, 0.1) is 6.92 Å². The van der Waals surface area contributed by atoms with Crippen LogP contribution in [0.5, 0.6) is 5.75 Å². The highest BCUT2D eigenvalue weighted by Gasteiger charge is 2.23. The number of carboxylic acids is 1. The van der Waals surface area contributed by atoms with E-state index in [1.54, 1.807) is 12.1 Å². The molecular formula is C10H11BrO4. The molecule has 0 aliphatic rings. The number of aliphatic hydroxyl groups is 1. The quantitative estimate of drug-likeness (QED) is 0.883. The van der Waals surface area contributed by atoms with Gasteiger partial charge >= 0.3 is 5.97 Å². The lowest BCUT2D eigenvalue weighted by atomic mass is 10.1. The van der Waals surface area contributed by atoms with Crippen LogP contribution in [0.15, 0.2) is 16.6 Å². The van der Waals surface area contributed by atoms with Crippen molar-refractivity contribution in [2.24, 2.45) is 0 Å². The smallest absolute Gasteiger partial charge is 0.337 e. The van der Waals surface area contributed by atoms with Crippen LogP contribution in [0.2, 0.25) is 0 Å². The number of halogens is 1. The van der Waals surface area contributed by atoms with Crippen molar-refractivity contribution >= 4 is 21.9 Å². The third-order valence-corrected chi connectivity index (χ3v) is 2.62. The molecule has 82 valence electrons. The van der Waals surface area contributed by atoms with E-state index in [2.05, 4.69) is 15.9 Å². The number of aliphatic hydroxyl groups excluding tert-OH is 1. The Morgan fingerprint density at radius 1 is 1.53 bits per heavy atom. The molecule has 1 unspecified atom stereocenters. The summed E-state index contributed by atoms with van der Waals surface area (Å²) >= 11 is 3.20. The molecular weight excluding hydrogens is 264 g/mol. The number of aliphatic carboxylic acids is 1. The maximum Gasteiger partial charge on any atom is 0.337 e. The van der Waals surface area contributed by atoms with Crippen LogP contribution in [0.4, 0.5) is 0 Å². The van der Waals surface area contributed by atoms with E-state index in [0.29, 0.717) is 10.2 Å². The second-order valence-electron chi connectivity index (χ2n) is 3.10. The zero-order valence-corrected chi connectivity index (χ0v) is 9.91. The minimum atomic E-state index is -1.59. The Hall–Kier alpha value is -1.07. The number of carbonyl (C=O) groups is 1. The van der Waals surface area contributed by atoms with E-state index in [1.807, 2.05) is 6.92 Å². The Labute approximate surface area is 95.6 Å². The van der Waals surface area contributed by atoms with Crippen molar-refractivity contribution in [1.29, 1.82) is 0 Å². The third kappa shape index (κ3) is 2.49. The Morgan fingerprint density at radius 2 is 2.13 bits per heavy atom. The number of aryl methyl sites for hydroxylation is 1. The fourth-order valence-corrected chi connectivity index (χ4v) is 2.05. The molecule has 1 aromatic rings. The fourth-order valence-electron chi connectivity index (χ4n) is 1.28. The number of methoxy groups -OCH3 is 1. The molecule has 0 aromatic heterocycles. The summed E-state index contributed by atoms with van der Waals surface area (Å²) in [5.74, 6) is -0.949. The van der Waals surface area contributed by atoms with Crippen LogP contribution in [-0.2, 0) is 4.79 Å². The predicted molar refractivity (Wildman–Crippen MR) is 58.0 cm³/mol. The molecule has 0 aliphatic heterocycles. The van der Waals surface area contributed by atoms with Gasteiger partial charge in [0.2, 0.25) is 0 Å². The highest BCUT2D eigenvalue weighted by atomic mass is 79.9. The first kappa shape index (κ1) is 12.0.